The first-order chi connectivity index (χ1) is 21.5. The maximum absolute atomic E-state index is 13.7. The highest BCUT2D eigenvalue weighted by molar-refractivity contribution is 6.17. The van der Waals surface area contributed by atoms with Crippen LogP contribution < -0.4 is 5.73 Å². The van der Waals surface area contributed by atoms with Gasteiger partial charge in [0.25, 0.3) is 0 Å². The van der Waals surface area contributed by atoms with E-state index in [4.69, 9.17) is 10.5 Å². The fourth-order valence-corrected chi connectivity index (χ4v) is 7.36. The maximum Gasteiger partial charge on any atom is 0.491 e. The molecule has 0 radical (unpaired) electrons. The molecule has 2 heterocycles. The molecule has 45 heavy (non-hydrogen) atoms. The number of fused-ring (bicyclic) bond motifs is 2. The molecular weight excluding hydrogens is 587 g/mol. The highest BCUT2D eigenvalue weighted by Crippen LogP contribution is 2.43. The van der Waals surface area contributed by atoms with Crippen LogP contribution in [0.25, 0.3) is 0 Å². The van der Waals surface area contributed by atoms with E-state index in [0.717, 1.165) is 64.5 Å². The number of ketones is 2. The second-order valence-corrected chi connectivity index (χ2v) is 12.8. The number of rotatable bonds is 9. The molecule has 2 unspecified atom stereocenters. The molecule has 8 nitrogen and oxygen atoms in total. The summed E-state index contributed by atoms with van der Waals surface area (Å²) in [4.78, 5) is 55.2. The van der Waals surface area contributed by atoms with Crippen molar-refractivity contribution in [2.45, 2.75) is 76.9 Å². The predicted molar refractivity (Wildman–Crippen MR) is 161 cm³/mol. The van der Waals surface area contributed by atoms with Crippen molar-refractivity contribution in [3.8, 4) is 0 Å². The van der Waals surface area contributed by atoms with Gasteiger partial charge in [0.15, 0.2) is 17.3 Å². The molecule has 0 aromatic heterocycles. The van der Waals surface area contributed by atoms with Crippen LogP contribution in [-0.2, 0) is 14.3 Å². The van der Waals surface area contributed by atoms with Crippen LogP contribution in [0, 0.1) is 23.7 Å². The predicted octanol–water partition coefficient (Wildman–Crippen LogP) is 5.43. The molecule has 1 aromatic rings. The lowest BCUT2D eigenvalue weighted by atomic mass is 9.70. The number of halogens is 3. The molecular formula is C34H42F3N3O5. The average Bonchev–Trinajstić information content (AvgIpc) is 3.03. The first-order valence-electron chi connectivity index (χ1n) is 16.2. The Morgan fingerprint density at radius 1 is 0.956 bits per heavy atom. The largest absolute Gasteiger partial charge is 0.491 e. The van der Waals surface area contributed by atoms with E-state index >= 15 is 0 Å². The molecule has 0 bridgehead atoms. The molecule has 11 heteroatoms. The van der Waals surface area contributed by atoms with Crippen LogP contribution >= 0.6 is 0 Å². The standard InChI is InChI=1S/C34H42F3N3O5/c1-2-6-26(38)32(43)40-19-15-22(16-20-40)8-5-7-21-13-17-39(18-14-21)29-27(45-33(44)34(35,36)37)12-11-25-28(29)31(42)24-10-4-3-9-23(24)30(25)41/h3-4,9-12,21-22,25-26,28H,2,5-8,13-20,38H2,1H3/t25?,26-,28?/m0/s1. The first-order valence-corrected chi connectivity index (χ1v) is 16.2. The van der Waals surface area contributed by atoms with Crippen molar-refractivity contribution in [3.05, 3.63) is 59.0 Å². The molecule has 1 amide bonds. The van der Waals surface area contributed by atoms with Gasteiger partial charge in [-0.15, -0.1) is 0 Å². The number of amides is 1. The van der Waals surface area contributed by atoms with E-state index in [0.29, 0.717) is 36.9 Å². The van der Waals surface area contributed by atoms with Gasteiger partial charge >= 0.3 is 12.1 Å². The van der Waals surface area contributed by atoms with Crippen LogP contribution in [0.15, 0.2) is 47.9 Å². The number of nitrogens with zero attached hydrogens (tertiary/aromatic N) is 2. The maximum atomic E-state index is 13.7. The van der Waals surface area contributed by atoms with Gasteiger partial charge in [-0.2, -0.15) is 13.2 Å². The third kappa shape index (κ3) is 7.18. The zero-order valence-corrected chi connectivity index (χ0v) is 25.7. The van der Waals surface area contributed by atoms with Crippen LogP contribution in [0.4, 0.5) is 13.2 Å². The summed E-state index contributed by atoms with van der Waals surface area (Å²) in [5, 5.41) is 0. The second-order valence-electron chi connectivity index (χ2n) is 12.8. The van der Waals surface area contributed by atoms with E-state index in [-0.39, 0.29) is 34.5 Å². The fourth-order valence-electron chi connectivity index (χ4n) is 7.36. The Morgan fingerprint density at radius 3 is 2.11 bits per heavy atom. The molecule has 1 aromatic carbocycles. The number of piperidine rings is 2. The Morgan fingerprint density at radius 2 is 1.53 bits per heavy atom. The second kappa shape index (κ2) is 13.9. The number of nitrogens with two attached hydrogens (primary N) is 1. The summed E-state index contributed by atoms with van der Waals surface area (Å²) in [6.45, 7) is 4.47. The number of benzene rings is 1. The van der Waals surface area contributed by atoms with E-state index in [9.17, 15) is 32.3 Å². The van der Waals surface area contributed by atoms with E-state index in [1.54, 1.807) is 24.3 Å². The molecule has 2 N–H and O–H groups in total. The van der Waals surface area contributed by atoms with E-state index in [2.05, 4.69) is 0 Å². The molecule has 0 saturated carbocycles. The quantitative estimate of drug-likeness (QED) is 0.363. The third-order valence-corrected chi connectivity index (χ3v) is 9.86. The van der Waals surface area contributed by atoms with Crippen molar-refractivity contribution in [2.24, 2.45) is 29.4 Å². The number of allylic oxidation sites excluding steroid dienone is 3. The van der Waals surface area contributed by atoms with E-state index in [1.165, 1.54) is 12.2 Å². The Balaban J connectivity index is 1.20. The van der Waals surface area contributed by atoms with Crippen molar-refractivity contribution in [1.29, 1.82) is 0 Å². The molecule has 2 fully saturated rings. The number of hydrogen-bond donors (Lipinski definition) is 1. The summed E-state index contributed by atoms with van der Waals surface area (Å²) in [5.41, 5.74) is 6.73. The lowest BCUT2D eigenvalue weighted by Crippen LogP contribution is -2.47. The number of alkyl halides is 3. The summed E-state index contributed by atoms with van der Waals surface area (Å²) in [5.74, 6) is -4.22. The minimum absolute atomic E-state index is 0.0526. The smallest absolute Gasteiger partial charge is 0.418 e. The molecule has 2 aliphatic carbocycles. The van der Waals surface area contributed by atoms with Crippen LogP contribution in [0.2, 0.25) is 0 Å². The number of hydrogen-bond acceptors (Lipinski definition) is 7. The highest BCUT2D eigenvalue weighted by Gasteiger charge is 2.48. The number of Topliss-reactive ketones (excluding diaryl/α,β-unsaturated/α-hetero) is 2. The minimum Gasteiger partial charge on any atom is -0.418 e. The van der Waals surface area contributed by atoms with Crippen molar-refractivity contribution in [2.75, 3.05) is 26.2 Å². The van der Waals surface area contributed by atoms with Crippen molar-refractivity contribution in [3.63, 3.8) is 0 Å². The first kappa shape index (κ1) is 32.9. The van der Waals surface area contributed by atoms with Gasteiger partial charge in [0, 0.05) is 37.3 Å². The van der Waals surface area contributed by atoms with Gasteiger partial charge in [-0.05, 0) is 50.0 Å². The third-order valence-electron chi connectivity index (χ3n) is 9.86. The van der Waals surface area contributed by atoms with Gasteiger partial charge in [-0.25, -0.2) is 4.79 Å². The van der Waals surface area contributed by atoms with Crippen molar-refractivity contribution in [1.82, 2.24) is 9.80 Å². The van der Waals surface area contributed by atoms with E-state index < -0.39 is 30.0 Å². The molecule has 2 aliphatic heterocycles. The fraction of sp³-hybridized carbons (Fsp3) is 0.588. The Hall–Kier alpha value is -3.47. The van der Waals surface area contributed by atoms with E-state index in [1.807, 2.05) is 16.7 Å². The Bertz CT molecular complexity index is 1360. The van der Waals surface area contributed by atoms with Crippen LogP contribution in [0.5, 0.6) is 0 Å². The molecule has 4 aliphatic rings. The normalized spacial score (nSPS) is 23.6. The molecule has 244 valence electrons. The van der Waals surface area contributed by atoms with Crippen LogP contribution in [0.3, 0.4) is 0 Å². The van der Waals surface area contributed by atoms with Gasteiger partial charge in [-0.3, -0.25) is 14.4 Å². The topological polar surface area (TPSA) is 110 Å². The summed E-state index contributed by atoms with van der Waals surface area (Å²) >= 11 is 0. The van der Waals surface area contributed by atoms with Crippen LogP contribution in [-0.4, -0.2) is 71.6 Å². The van der Waals surface area contributed by atoms with Crippen molar-refractivity contribution >= 4 is 23.4 Å². The number of ether oxygens (including phenoxy) is 1. The van der Waals surface area contributed by atoms with Gasteiger partial charge < -0.3 is 20.3 Å². The number of esters is 1. The van der Waals surface area contributed by atoms with Gasteiger partial charge in [0.1, 0.15) is 0 Å². The zero-order chi connectivity index (χ0) is 32.3. The van der Waals surface area contributed by atoms with Gasteiger partial charge in [0.2, 0.25) is 5.91 Å². The Kier molecular flexibility index (Phi) is 10.2. The lowest BCUT2D eigenvalue weighted by molar-refractivity contribution is -0.195. The molecule has 3 atom stereocenters. The Labute approximate surface area is 261 Å². The zero-order valence-electron chi connectivity index (χ0n) is 25.7. The molecule has 5 rings (SSSR count). The number of carbonyl (C=O) groups excluding carboxylic acids is 4. The van der Waals surface area contributed by atoms with Crippen molar-refractivity contribution < 1.29 is 37.1 Å². The van der Waals surface area contributed by atoms with Crippen LogP contribution in [0.1, 0.15) is 85.4 Å². The summed E-state index contributed by atoms with van der Waals surface area (Å²) in [6.07, 6.45) is 5.64. The SMILES string of the molecule is CCC[C@H](N)C(=O)N1CCC(CCCC2CCN(C3=C(OC(=O)C(F)(F)F)C=CC4C(=O)c5ccccc5C(=O)C34)CC2)CC1. The number of likely N-dealkylation sites (tertiary alicyclic amines) is 2. The summed E-state index contributed by atoms with van der Waals surface area (Å²) in [7, 11) is 0. The molecule has 0 spiro atoms. The highest BCUT2D eigenvalue weighted by atomic mass is 19.4. The summed E-state index contributed by atoms with van der Waals surface area (Å²) < 4.78 is 44.4. The lowest BCUT2D eigenvalue weighted by Gasteiger charge is -2.42. The minimum atomic E-state index is -5.21. The summed E-state index contributed by atoms with van der Waals surface area (Å²) in [6, 6.07) is 6.04. The monoisotopic (exact) mass is 629 g/mol. The number of carbonyl (C=O) groups is 4. The van der Waals surface area contributed by atoms with Gasteiger partial charge in [-0.1, -0.05) is 62.9 Å². The molecule has 2 saturated heterocycles. The van der Waals surface area contributed by atoms with Gasteiger partial charge in [0.05, 0.1) is 23.6 Å². The average molecular weight is 630 g/mol.